The zero-order valence-corrected chi connectivity index (χ0v) is 11.5. The summed E-state index contributed by atoms with van der Waals surface area (Å²) >= 11 is 0. The molecule has 6 nitrogen and oxygen atoms in total. The van der Waals surface area contributed by atoms with Gasteiger partial charge in [0.25, 0.3) is 0 Å². The quantitative estimate of drug-likeness (QED) is 0.495. The lowest BCUT2D eigenvalue weighted by Gasteiger charge is -2.21. The second-order valence-electron chi connectivity index (χ2n) is 4.99. The predicted molar refractivity (Wildman–Crippen MR) is 68.9 cm³/mol. The number of hydrogen-bond acceptors (Lipinski definition) is 6. The topological polar surface area (TPSA) is 91.5 Å². The van der Waals surface area contributed by atoms with E-state index in [2.05, 4.69) is 4.98 Å². The summed E-state index contributed by atoms with van der Waals surface area (Å²) in [5, 5.41) is 0. The molecule has 0 saturated heterocycles. The molecule has 0 aromatic carbocycles. The molecular formula is C13H18N2O4. The van der Waals surface area contributed by atoms with Gasteiger partial charge in [-0.25, -0.2) is 4.79 Å². The van der Waals surface area contributed by atoms with Crippen LogP contribution in [0.1, 0.15) is 31.1 Å². The molecule has 0 radical (unpaired) electrons. The zero-order valence-electron chi connectivity index (χ0n) is 11.5. The van der Waals surface area contributed by atoms with E-state index < -0.39 is 23.4 Å². The zero-order chi connectivity index (χ0) is 14.6. The van der Waals surface area contributed by atoms with Crippen LogP contribution in [0.3, 0.4) is 0 Å². The Kier molecular flexibility index (Phi) is 4.61. The average molecular weight is 266 g/mol. The molecule has 1 atom stereocenters. The number of ether oxygens (including phenoxy) is 2. The first-order valence-electron chi connectivity index (χ1n) is 5.76. The number of carbonyl (C=O) groups is 2. The second-order valence-corrected chi connectivity index (χ2v) is 4.99. The number of esters is 1. The molecule has 1 rings (SSSR count). The largest absolute Gasteiger partial charge is 0.495 e. The van der Waals surface area contributed by atoms with Gasteiger partial charge in [0, 0.05) is 11.8 Å². The molecule has 0 spiro atoms. The summed E-state index contributed by atoms with van der Waals surface area (Å²) < 4.78 is 10.0. The highest BCUT2D eigenvalue weighted by molar-refractivity contribution is 6.11. The summed E-state index contributed by atoms with van der Waals surface area (Å²) in [6.07, 6.45) is 2.78. The van der Waals surface area contributed by atoms with Gasteiger partial charge in [-0.2, -0.15) is 0 Å². The molecule has 1 unspecified atom stereocenters. The molecule has 0 aliphatic heterocycles. The van der Waals surface area contributed by atoms with Crippen LogP contribution in [-0.4, -0.2) is 35.5 Å². The molecule has 0 aliphatic rings. The van der Waals surface area contributed by atoms with E-state index in [9.17, 15) is 9.59 Å². The molecule has 1 aromatic heterocycles. The van der Waals surface area contributed by atoms with Crippen molar-refractivity contribution in [3.8, 4) is 5.75 Å². The third-order valence-electron chi connectivity index (χ3n) is 2.18. The number of Topliss-reactive ketones (excluding diaryl/α,β-unsaturated/α-hetero) is 1. The highest BCUT2D eigenvalue weighted by atomic mass is 16.6. The van der Waals surface area contributed by atoms with Gasteiger partial charge in [-0.1, -0.05) is 0 Å². The average Bonchev–Trinajstić information content (AvgIpc) is 2.35. The minimum atomic E-state index is -1.37. The van der Waals surface area contributed by atoms with Crippen molar-refractivity contribution in [3.63, 3.8) is 0 Å². The Morgan fingerprint density at radius 3 is 2.47 bits per heavy atom. The summed E-state index contributed by atoms with van der Waals surface area (Å²) in [5.41, 5.74) is 5.11. The third-order valence-corrected chi connectivity index (χ3v) is 2.18. The van der Waals surface area contributed by atoms with Crippen molar-refractivity contribution in [2.75, 3.05) is 7.11 Å². The van der Waals surface area contributed by atoms with Gasteiger partial charge in [-0.3, -0.25) is 9.78 Å². The van der Waals surface area contributed by atoms with E-state index in [1.165, 1.54) is 25.6 Å². The van der Waals surface area contributed by atoms with Crippen molar-refractivity contribution in [1.82, 2.24) is 4.98 Å². The molecule has 1 aromatic rings. The molecule has 1 heterocycles. The van der Waals surface area contributed by atoms with Crippen LogP contribution in [0.2, 0.25) is 0 Å². The highest BCUT2D eigenvalue weighted by Gasteiger charge is 2.28. The summed E-state index contributed by atoms with van der Waals surface area (Å²) in [7, 11) is 1.46. The molecule has 2 N–H and O–H groups in total. The van der Waals surface area contributed by atoms with Crippen LogP contribution in [-0.2, 0) is 9.53 Å². The molecular weight excluding hydrogens is 248 g/mol. The Morgan fingerprint density at radius 1 is 1.32 bits per heavy atom. The van der Waals surface area contributed by atoms with Gasteiger partial charge in [0.1, 0.15) is 11.4 Å². The van der Waals surface area contributed by atoms with Crippen LogP contribution in [0.5, 0.6) is 5.75 Å². The molecule has 0 fully saturated rings. The Bertz CT molecular complexity index is 480. The van der Waals surface area contributed by atoms with Crippen LogP contribution < -0.4 is 10.5 Å². The van der Waals surface area contributed by atoms with Crippen molar-refractivity contribution in [2.24, 2.45) is 5.73 Å². The summed E-state index contributed by atoms with van der Waals surface area (Å²) in [6, 6.07) is 0.104. The maximum atomic E-state index is 12.0. The highest BCUT2D eigenvalue weighted by Crippen LogP contribution is 2.13. The summed E-state index contributed by atoms with van der Waals surface area (Å²) in [4.78, 5) is 27.6. The monoisotopic (exact) mass is 266 g/mol. The van der Waals surface area contributed by atoms with Crippen molar-refractivity contribution in [3.05, 3.63) is 24.0 Å². The standard InChI is InChI=1S/C13H18N2O4/c1-13(2,3)19-12(17)10(14)11(16)8-5-9(18-4)7-15-6-8/h5-7,10H,14H2,1-4H3. The first-order chi connectivity index (χ1) is 8.74. The maximum Gasteiger partial charge on any atom is 0.331 e. The van der Waals surface area contributed by atoms with Crippen LogP contribution in [0.25, 0.3) is 0 Å². The number of aromatic nitrogens is 1. The first-order valence-corrected chi connectivity index (χ1v) is 5.76. The van der Waals surface area contributed by atoms with Crippen LogP contribution in [0, 0.1) is 0 Å². The lowest BCUT2D eigenvalue weighted by atomic mass is 10.1. The van der Waals surface area contributed by atoms with E-state index in [0.29, 0.717) is 5.75 Å². The predicted octanol–water partition coefficient (Wildman–Crippen LogP) is 0.942. The van der Waals surface area contributed by atoms with Gasteiger partial charge in [0.05, 0.1) is 13.3 Å². The Labute approximate surface area is 111 Å². The lowest BCUT2D eigenvalue weighted by molar-refractivity contribution is -0.155. The van der Waals surface area contributed by atoms with Crippen molar-refractivity contribution >= 4 is 11.8 Å². The van der Waals surface area contributed by atoms with Crippen LogP contribution >= 0.6 is 0 Å². The Balaban J connectivity index is 2.84. The minimum absolute atomic E-state index is 0.206. The van der Waals surface area contributed by atoms with E-state index in [-0.39, 0.29) is 5.56 Å². The number of hydrogen-bond donors (Lipinski definition) is 1. The molecule has 0 amide bonds. The normalized spacial score (nSPS) is 12.7. The number of nitrogens with two attached hydrogens (primary N) is 1. The fraction of sp³-hybridized carbons (Fsp3) is 0.462. The number of rotatable bonds is 4. The van der Waals surface area contributed by atoms with E-state index >= 15 is 0 Å². The van der Waals surface area contributed by atoms with Gasteiger partial charge in [0.2, 0.25) is 0 Å². The fourth-order valence-electron chi connectivity index (χ4n) is 1.32. The van der Waals surface area contributed by atoms with E-state index in [0.717, 1.165) is 0 Å². The van der Waals surface area contributed by atoms with Crippen LogP contribution in [0.15, 0.2) is 18.5 Å². The van der Waals surface area contributed by atoms with Crippen LogP contribution in [0.4, 0.5) is 0 Å². The number of nitrogens with zero attached hydrogens (tertiary/aromatic N) is 1. The van der Waals surface area contributed by atoms with E-state index in [1.54, 1.807) is 20.8 Å². The molecule has 104 valence electrons. The Morgan fingerprint density at radius 2 is 1.95 bits per heavy atom. The van der Waals surface area contributed by atoms with E-state index in [4.69, 9.17) is 15.2 Å². The van der Waals surface area contributed by atoms with Gasteiger partial charge in [-0.15, -0.1) is 0 Å². The molecule has 19 heavy (non-hydrogen) atoms. The molecule has 0 saturated carbocycles. The van der Waals surface area contributed by atoms with Gasteiger partial charge >= 0.3 is 5.97 Å². The number of methoxy groups -OCH3 is 1. The second kappa shape index (κ2) is 5.79. The van der Waals surface area contributed by atoms with Crippen molar-refractivity contribution in [2.45, 2.75) is 32.4 Å². The SMILES string of the molecule is COc1cncc(C(=O)C(N)C(=O)OC(C)(C)C)c1. The number of carbonyl (C=O) groups excluding carboxylic acids is 2. The number of pyridine rings is 1. The van der Waals surface area contributed by atoms with Crippen molar-refractivity contribution < 1.29 is 19.1 Å². The van der Waals surface area contributed by atoms with E-state index in [1.807, 2.05) is 0 Å². The van der Waals surface area contributed by atoms with Gasteiger partial charge in [0.15, 0.2) is 11.8 Å². The van der Waals surface area contributed by atoms with Crippen molar-refractivity contribution in [1.29, 1.82) is 0 Å². The smallest absolute Gasteiger partial charge is 0.331 e. The molecule has 6 heteroatoms. The maximum absolute atomic E-state index is 12.0. The first kappa shape index (κ1) is 15.1. The molecule has 0 aliphatic carbocycles. The Hall–Kier alpha value is -1.95. The minimum Gasteiger partial charge on any atom is -0.495 e. The van der Waals surface area contributed by atoms with Gasteiger partial charge in [-0.05, 0) is 26.8 Å². The summed E-state index contributed by atoms with van der Waals surface area (Å²) in [5.74, 6) is -0.900. The third kappa shape index (κ3) is 4.33. The fourth-order valence-corrected chi connectivity index (χ4v) is 1.32. The lowest BCUT2D eigenvalue weighted by Crippen LogP contribution is -2.43. The molecule has 0 bridgehead atoms. The van der Waals surface area contributed by atoms with Gasteiger partial charge < -0.3 is 15.2 Å². The summed E-state index contributed by atoms with van der Waals surface area (Å²) in [6.45, 7) is 5.11. The number of ketones is 1.